The van der Waals surface area contributed by atoms with Crippen molar-refractivity contribution >= 4 is 18.2 Å². The summed E-state index contributed by atoms with van der Waals surface area (Å²) < 4.78 is 1.48. The minimum atomic E-state index is -0.973. The molecule has 2 N–H and O–H groups in total. The fraction of sp³-hybridized carbons (Fsp3) is 0.333. The minimum Gasteiger partial charge on any atom is -0.481 e. The van der Waals surface area contributed by atoms with Crippen molar-refractivity contribution in [2.75, 3.05) is 0 Å². The van der Waals surface area contributed by atoms with Gasteiger partial charge >= 0.3 is 5.97 Å². The van der Waals surface area contributed by atoms with Gasteiger partial charge in [0.15, 0.2) is 4.77 Å². The Bertz CT molecular complexity index is 517. The van der Waals surface area contributed by atoms with E-state index >= 15 is 0 Å². The van der Waals surface area contributed by atoms with E-state index in [0.717, 1.165) is 0 Å². The molecule has 0 atom stereocenters. The van der Waals surface area contributed by atoms with Crippen molar-refractivity contribution < 1.29 is 9.90 Å². The number of rotatable bonds is 5. The van der Waals surface area contributed by atoms with Crippen molar-refractivity contribution in [2.45, 2.75) is 19.4 Å². The summed E-state index contributed by atoms with van der Waals surface area (Å²) in [7, 11) is 0. The first-order valence-corrected chi connectivity index (χ1v) is 4.98. The van der Waals surface area contributed by atoms with E-state index in [0.29, 0.717) is 0 Å². The van der Waals surface area contributed by atoms with Crippen LogP contribution in [0, 0.1) is 4.77 Å². The van der Waals surface area contributed by atoms with E-state index in [4.69, 9.17) is 17.3 Å². The zero-order valence-corrected chi connectivity index (χ0v) is 9.29. The van der Waals surface area contributed by atoms with Gasteiger partial charge in [0.25, 0.3) is 5.56 Å². The molecule has 0 saturated carbocycles. The predicted molar refractivity (Wildman–Crippen MR) is 59.8 cm³/mol. The van der Waals surface area contributed by atoms with Crippen LogP contribution in [0.3, 0.4) is 0 Å². The molecule has 0 bridgehead atoms. The van der Waals surface area contributed by atoms with Gasteiger partial charge in [0.1, 0.15) is 5.69 Å². The number of hydrogen-bond donors (Lipinski definition) is 2. The monoisotopic (exact) mass is 241 g/mol. The molecule has 1 aromatic rings. The van der Waals surface area contributed by atoms with Gasteiger partial charge in [-0.2, -0.15) is 5.10 Å². The summed E-state index contributed by atoms with van der Waals surface area (Å²) in [5.74, 6) is -0.973. The third kappa shape index (κ3) is 2.86. The molecular formula is C9H11N3O3S. The van der Waals surface area contributed by atoms with Crippen LogP contribution in [0.2, 0.25) is 0 Å². The number of aliphatic carboxylic acids is 1. The highest BCUT2D eigenvalue weighted by atomic mass is 32.1. The molecule has 0 fully saturated rings. The van der Waals surface area contributed by atoms with Crippen LogP contribution in [0.1, 0.15) is 12.1 Å². The van der Waals surface area contributed by atoms with Crippen molar-refractivity contribution in [3.05, 3.63) is 33.5 Å². The van der Waals surface area contributed by atoms with Gasteiger partial charge in [-0.1, -0.05) is 6.08 Å². The highest BCUT2D eigenvalue weighted by Crippen LogP contribution is 1.93. The Labute approximate surface area is 96.2 Å². The summed E-state index contributed by atoms with van der Waals surface area (Å²) in [6.45, 7) is 3.78. The van der Waals surface area contributed by atoms with E-state index in [1.165, 1.54) is 10.6 Å². The molecule has 86 valence electrons. The number of aryl methyl sites for hydroxylation is 1. The molecule has 16 heavy (non-hydrogen) atoms. The number of aromatic nitrogens is 3. The van der Waals surface area contributed by atoms with Crippen molar-refractivity contribution in [2.24, 2.45) is 0 Å². The van der Waals surface area contributed by atoms with E-state index in [9.17, 15) is 9.59 Å². The number of nitrogens with zero attached hydrogens (tertiary/aromatic N) is 2. The first-order valence-electron chi connectivity index (χ1n) is 4.57. The fourth-order valence-corrected chi connectivity index (χ4v) is 1.36. The van der Waals surface area contributed by atoms with E-state index in [-0.39, 0.29) is 35.4 Å². The molecule has 1 heterocycles. The summed E-state index contributed by atoms with van der Waals surface area (Å²) in [5, 5.41) is 14.7. The average molecular weight is 241 g/mol. The van der Waals surface area contributed by atoms with Crippen molar-refractivity contribution in [3.8, 4) is 0 Å². The number of carbonyl (C=O) groups is 1. The molecular weight excluding hydrogens is 230 g/mol. The lowest BCUT2D eigenvalue weighted by Crippen LogP contribution is -2.27. The van der Waals surface area contributed by atoms with Crippen molar-refractivity contribution in [1.82, 2.24) is 14.8 Å². The Hall–Kier alpha value is -1.76. The topological polar surface area (TPSA) is 88.0 Å². The van der Waals surface area contributed by atoms with E-state index in [1.807, 2.05) is 0 Å². The Balaban J connectivity index is 3.08. The first-order chi connectivity index (χ1) is 7.56. The standard InChI is InChI=1S/C9H11N3O3S/c1-2-5-12-8(15)6(3-4-7(13)14)10-11-9(12)16/h2H,1,3-5H2,(H,11,16)(H,13,14). The van der Waals surface area contributed by atoms with Gasteiger partial charge in [-0.3, -0.25) is 19.3 Å². The van der Waals surface area contributed by atoms with Crippen LogP contribution in [0.25, 0.3) is 0 Å². The first kappa shape index (κ1) is 12.3. The summed E-state index contributed by atoms with van der Waals surface area (Å²) in [6.07, 6.45) is 1.48. The summed E-state index contributed by atoms with van der Waals surface area (Å²) in [6, 6.07) is 0. The van der Waals surface area contributed by atoms with Gasteiger partial charge in [-0.05, 0) is 12.2 Å². The molecule has 0 aliphatic heterocycles. The quantitative estimate of drug-likeness (QED) is 0.579. The lowest BCUT2D eigenvalue weighted by atomic mass is 10.2. The second-order valence-electron chi connectivity index (χ2n) is 3.07. The number of allylic oxidation sites excluding steroid dienone is 1. The van der Waals surface area contributed by atoms with Crippen LogP contribution in [-0.4, -0.2) is 25.8 Å². The van der Waals surface area contributed by atoms with Crippen LogP contribution in [0.4, 0.5) is 0 Å². The predicted octanol–water partition coefficient (Wildman–Crippen LogP) is 0.504. The van der Waals surface area contributed by atoms with Gasteiger partial charge in [0.2, 0.25) is 0 Å². The molecule has 0 unspecified atom stereocenters. The molecule has 1 rings (SSSR count). The molecule has 0 spiro atoms. The third-order valence-corrected chi connectivity index (χ3v) is 2.22. The van der Waals surface area contributed by atoms with Crippen molar-refractivity contribution in [3.63, 3.8) is 0 Å². The Morgan fingerprint density at radius 1 is 1.69 bits per heavy atom. The number of nitrogens with one attached hydrogen (secondary N) is 1. The van der Waals surface area contributed by atoms with E-state index in [2.05, 4.69) is 16.8 Å². The normalized spacial score (nSPS) is 10.0. The Morgan fingerprint density at radius 2 is 2.38 bits per heavy atom. The molecule has 1 aromatic heterocycles. The van der Waals surface area contributed by atoms with Gasteiger partial charge in [-0.15, -0.1) is 6.58 Å². The van der Waals surface area contributed by atoms with Crippen LogP contribution in [0.15, 0.2) is 17.4 Å². The molecule has 0 saturated heterocycles. The maximum Gasteiger partial charge on any atom is 0.303 e. The summed E-state index contributed by atoms with van der Waals surface area (Å²) in [5.41, 5.74) is -0.206. The molecule has 0 aliphatic rings. The van der Waals surface area contributed by atoms with E-state index < -0.39 is 5.97 Å². The lowest BCUT2D eigenvalue weighted by Gasteiger charge is -2.03. The van der Waals surface area contributed by atoms with Crippen LogP contribution in [0.5, 0.6) is 0 Å². The second kappa shape index (κ2) is 5.36. The Morgan fingerprint density at radius 3 is 2.94 bits per heavy atom. The van der Waals surface area contributed by atoms with Crippen LogP contribution >= 0.6 is 12.2 Å². The van der Waals surface area contributed by atoms with Crippen molar-refractivity contribution in [1.29, 1.82) is 0 Å². The number of carboxylic acids is 1. The zero-order valence-electron chi connectivity index (χ0n) is 8.47. The number of hydrogen-bond acceptors (Lipinski definition) is 4. The SMILES string of the molecule is C=CCn1c(=S)[nH]nc(CCC(=O)O)c1=O. The molecule has 6 nitrogen and oxygen atoms in total. The maximum atomic E-state index is 11.8. The smallest absolute Gasteiger partial charge is 0.303 e. The average Bonchev–Trinajstić information content (AvgIpc) is 2.23. The van der Waals surface area contributed by atoms with Gasteiger partial charge in [0.05, 0.1) is 6.42 Å². The third-order valence-electron chi connectivity index (χ3n) is 1.91. The lowest BCUT2D eigenvalue weighted by molar-refractivity contribution is -0.136. The molecule has 0 aliphatic carbocycles. The second-order valence-corrected chi connectivity index (χ2v) is 3.46. The highest BCUT2D eigenvalue weighted by molar-refractivity contribution is 7.71. The summed E-state index contributed by atoms with van der Waals surface area (Å²) >= 11 is 4.88. The minimum absolute atomic E-state index is 0.0808. The van der Waals surface area contributed by atoms with Crippen LogP contribution in [-0.2, 0) is 17.8 Å². The highest BCUT2D eigenvalue weighted by Gasteiger charge is 2.08. The van der Waals surface area contributed by atoms with Gasteiger partial charge < -0.3 is 5.11 Å². The van der Waals surface area contributed by atoms with Gasteiger partial charge in [0, 0.05) is 13.0 Å². The Kier molecular flexibility index (Phi) is 4.12. The maximum absolute atomic E-state index is 11.8. The van der Waals surface area contributed by atoms with Crippen LogP contribution < -0.4 is 5.56 Å². The molecule has 0 aromatic carbocycles. The summed E-state index contributed by atoms with van der Waals surface area (Å²) in [4.78, 5) is 22.1. The fourth-order valence-electron chi connectivity index (χ4n) is 1.15. The molecule has 7 heteroatoms. The van der Waals surface area contributed by atoms with Gasteiger partial charge in [-0.25, -0.2) is 0 Å². The number of aromatic amines is 1. The largest absolute Gasteiger partial charge is 0.481 e. The number of H-pyrrole nitrogens is 1. The zero-order chi connectivity index (χ0) is 12.1. The molecule has 0 radical (unpaired) electrons. The molecule has 0 amide bonds. The number of carboxylic acid groups (broad SMARTS) is 1. The van der Waals surface area contributed by atoms with E-state index in [1.54, 1.807) is 0 Å².